The van der Waals surface area contributed by atoms with Gasteiger partial charge in [0.15, 0.2) is 0 Å². The third-order valence-corrected chi connectivity index (χ3v) is 8.03. The molecule has 10 nitrogen and oxygen atoms in total. The van der Waals surface area contributed by atoms with Crippen LogP contribution in [0.2, 0.25) is 0 Å². The molecule has 43 heavy (non-hydrogen) atoms. The normalized spacial score (nSPS) is 14.5. The highest BCUT2D eigenvalue weighted by Gasteiger charge is 2.23. The summed E-state index contributed by atoms with van der Waals surface area (Å²) in [4.78, 5) is 25.2. The van der Waals surface area contributed by atoms with Crippen LogP contribution in [-0.4, -0.2) is 60.4 Å². The predicted octanol–water partition coefficient (Wildman–Crippen LogP) is 4.71. The number of benzene rings is 2. The van der Waals surface area contributed by atoms with Gasteiger partial charge in [-0.15, -0.1) is 10.2 Å². The molecule has 6 aromatic rings. The van der Waals surface area contributed by atoms with E-state index in [-0.39, 0.29) is 18.1 Å². The van der Waals surface area contributed by atoms with Gasteiger partial charge >= 0.3 is 12.1 Å². The summed E-state index contributed by atoms with van der Waals surface area (Å²) < 4.78 is 49.1. The molecule has 1 N–H and O–H groups in total. The average molecular weight is 589 g/mol. The topological polar surface area (TPSA) is 101 Å². The Morgan fingerprint density at radius 2 is 1.84 bits per heavy atom. The number of rotatable bonds is 7. The molecule has 0 aliphatic carbocycles. The molecule has 1 saturated heterocycles. The second-order valence-electron chi connectivity index (χ2n) is 10.6. The number of halogens is 3. The Hall–Kier alpha value is -4.91. The van der Waals surface area contributed by atoms with Crippen molar-refractivity contribution in [3.8, 4) is 11.5 Å². The van der Waals surface area contributed by atoms with Crippen LogP contribution >= 0.6 is 0 Å². The Kier molecular flexibility index (Phi) is 6.73. The van der Waals surface area contributed by atoms with Gasteiger partial charge in [-0.25, -0.2) is 9.18 Å². The third kappa shape index (κ3) is 4.95. The Balaban J connectivity index is 1.08. The van der Waals surface area contributed by atoms with Gasteiger partial charge < -0.3 is 14.3 Å². The van der Waals surface area contributed by atoms with Gasteiger partial charge in [0.2, 0.25) is 5.89 Å². The van der Waals surface area contributed by atoms with E-state index in [0.29, 0.717) is 41.1 Å². The minimum absolute atomic E-state index is 0.0786. The highest BCUT2D eigenvalue weighted by Crippen LogP contribution is 2.28. The maximum Gasteiger partial charge on any atom is 0.329 e. The van der Waals surface area contributed by atoms with Gasteiger partial charge in [-0.1, -0.05) is 12.1 Å². The lowest BCUT2D eigenvalue weighted by molar-refractivity contribution is 0.116. The molecule has 4 aromatic heterocycles. The number of anilines is 1. The molecule has 7 rings (SSSR count). The lowest BCUT2D eigenvalue weighted by Gasteiger charge is -2.36. The Labute approximate surface area is 243 Å². The maximum atomic E-state index is 15.6. The zero-order chi connectivity index (χ0) is 29.7. The van der Waals surface area contributed by atoms with E-state index in [1.54, 1.807) is 25.2 Å². The fraction of sp³-hybridized carbons (Fsp3) is 0.267. The first-order chi connectivity index (χ1) is 20.9. The lowest BCUT2D eigenvalue weighted by Crippen LogP contribution is -2.46. The van der Waals surface area contributed by atoms with E-state index in [4.69, 9.17) is 4.42 Å². The highest BCUT2D eigenvalue weighted by molar-refractivity contribution is 5.83. The molecule has 13 heteroatoms. The van der Waals surface area contributed by atoms with Gasteiger partial charge in [0.05, 0.1) is 34.5 Å². The van der Waals surface area contributed by atoms with Crippen LogP contribution in [0.3, 0.4) is 0 Å². The molecule has 0 atom stereocenters. The van der Waals surface area contributed by atoms with Crippen LogP contribution < -0.4 is 10.6 Å². The van der Waals surface area contributed by atoms with Gasteiger partial charge in [-0.3, -0.25) is 19.0 Å². The number of imidazole rings is 1. The van der Waals surface area contributed by atoms with Crippen LogP contribution in [0.15, 0.2) is 70.1 Å². The number of pyridine rings is 1. The molecule has 220 valence electrons. The van der Waals surface area contributed by atoms with E-state index < -0.39 is 18.1 Å². The van der Waals surface area contributed by atoms with Crippen molar-refractivity contribution in [2.75, 3.05) is 31.1 Å². The SMILES string of the molecule is Cn1c(=O)n(Cc2ccc(-c3nnc(C(F)F)o3)cn2)c2cc(F)c(N3CCN(Cc4cccc5[nH]ccc45)CC3)cc21. The third-order valence-electron chi connectivity index (χ3n) is 8.03. The molecule has 1 aliphatic heterocycles. The summed E-state index contributed by atoms with van der Waals surface area (Å²) in [5.41, 5.74) is 4.49. The zero-order valence-electron chi connectivity index (χ0n) is 23.2. The minimum atomic E-state index is -2.87. The van der Waals surface area contributed by atoms with Gasteiger partial charge in [0.25, 0.3) is 5.89 Å². The monoisotopic (exact) mass is 588 g/mol. The van der Waals surface area contributed by atoms with Crippen molar-refractivity contribution >= 4 is 27.6 Å². The smallest absolute Gasteiger partial charge is 0.329 e. The van der Waals surface area contributed by atoms with Gasteiger partial charge in [0, 0.05) is 69.1 Å². The summed E-state index contributed by atoms with van der Waals surface area (Å²) >= 11 is 0. The Morgan fingerprint density at radius 1 is 1.00 bits per heavy atom. The Bertz CT molecular complexity index is 1980. The molecular weight excluding hydrogens is 561 g/mol. The number of fused-ring (bicyclic) bond motifs is 2. The second kappa shape index (κ2) is 10.7. The number of alkyl halides is 2. The molecule has 2 aromatic carbocycles. The van der Waals surface area contributed by atoms with Crippen molar-refractivity contribution in [2.45, 2.75) is 19.5 Å². The minimum Gasteiger partial charge on any atom is -0.415 e. The summed E-state index contributed by atoms with van der Waals surface area (Å²) in [6.45, 7) is 3.81. The quantitative estimate of drug-likeness (QED) is 0.288. The van der Waals surface area contributed by atoms with Crippen LogP contribution in [-0.2, 0) is 20.1 Å². The lowest BCUT2D eigenvalue weighted by atomic mass is 10.1. The molecule has 5 heterocycles. The van der Waals surface area contributed by atoms with E-state index in [0.717, 1.165) is 25.2 Å². The molecule has 1 aliphatic rings. The standard InChI is InChI=1S/C30H27F3N8O2/c1-38-25-14-24(40-11-9-39(10-12-40)16-19-3-2-4-23-21(19)7-8-34-23)22(31)13-26(25)41(30(38)42)17-20-6-5-18(15-35-20)28-36-37-29(43-28)27(32)33/h2-8,13-15,27,34H,9-12,16-17H2,1H3. The van der Waals surface area contributed by atoms with Crippen LogP contribution in [0.25, 0.3) is 33.4 Å². The Morgan fingerprint density at radius 3 is 2.58 bits per heavy atom. The first kappa shape index (κ1) is 27.0. The number of aromatic amines is 1. The van der Waals surface area contributed by atoms with Gasteiger partial charge in [0.1, 0.15) is 5.82 Å². The van der Waals surface area contributed by atoms with Crippen molar-refractivity contribution in [3.05, 3.63) is 94.4 Å². The number of aromatic nitrogens is 6. The molecule has 1 fully saturated rings. The summed E-state index contributed by atoms with van der Waals surface area (Å²) in [6, 6.07) is 14.7. The van der Waals surface area contributed by atoms with Crippen molar-refractivity contribution in [3.63, 3.8) is 0 Å². The highest BCUT2D eigenvalue weighted by atomic mass is 19.3. The second-order valence-corrected chi connectivity index (χ2v) is 10.6. The van der Waals surface area contributed by atoms with E-state index >= 15 is 4.39 Å². The number of piperazine rings is 1. The first-order valence-corrected chi connectivity index (χ1v) is 13.8. The van der Waals surface area contributed by atoms with Crippen LogP contribution in [0, 0.1) is 5.82 Å². The molecular formula is C30H27F3N8O2. The number of hydrogen-bond acceptors (Lipinski definition) is 7. The summed E-state index contributed by atoms with van der Waals surface area (Å²) in [7, 11) is 1.66. The van der Waals surface area contributed by atoms with Crippen molar-refractivity contribution in [1.29, 1.82) is 0 Å². The summed E-state index contributed by atoms with van der Waals surface area (Å²) in [6.07, 6.45) is 0.490. The van der Waals surface area contributed by atoms with E-state index in [9.17, 15) is 13.6 Å². The van der Waals surface area contributed by atoms with Crippen molar-refractivity contribution in [2.24, 2.45) is 7.05 Å². The number of nitrogens with zero attached hydrogens (tertiary/aromatic N) is 7. The molecule has 0 amide bonds. The molecule has 0 unspecified atom stereocenters. The van der Waals surface area contributed by atoms with Crippen molar-refractivity contribution in [1.82, 2.24) is 34.2 Å². The fourth-order valence-corrected chi connectivity index (χ4v) is 5.73. The molecule has 0 saturated carbocycles. The van der Waals surface area contributed by atoms with Gasteiger partial charge in [-0.2, -0.15) is 8.78 Å². The number of H-pyrrole nitrogens is 1. The zero-order valence-corrected chi connectivity index (χ0v) is 23.2. The summed E-state index contributed by atoms with van der Waals surface area (Å²) in [5, 5.41) is 8.16. The van der Waals surface area contributed by atoms with Crippen LogP contribution in [0.5, 0.6) is 0 Å². The number of aryl methyl sites for hydroxylation is 1. The predicted molar refractivity (Wildman–Crippen MR) is 155 cm³/mol. The van der Waals surface area contributed by atoms with E-state index in [2.05, 4.69) is 49.3 Å². The number of nitrogens with one attached hydrogen (secondary N) is 1. The van der Waals surface area contributed by atoms with Crippen molar-refractivity contribution < 1.29 is 17.6 Å². The first-order valence-electron chi connectivity index (χ1n) is 13.8. The van der Waals surface area contributed by atoms with Crippen LogP contribution in [0.4, 0.5) is 18.9 Å². The fourth-order valence-electron chi connectivity index (χ4n) is 5.73. The molecule has 0 spiro atoms. The molecule has 0 radical (unpaired) electrons. The maximum absolute atomic E-state index is 15.6. The largest absolute Gasteiger partial charge is 0.415 e. The number of hydrogen-bond donors (Lipinski definition) is 1. The average Bonchev–Trinajstić information content (AvgIpc) is 3.75. The van der Waals surface area contributed by atoms with Crippen LogP contribution in [0.1, 0.15) is 23.6 Å². The van der Waals surface area contributed by atoms with Gasteiger partial charge in [-0.05, 0) is 35.9 Å². The summed E-state index contributed by atoms with van der Waals surface area (Å²) in [5.74, 6) is -1.24. The van der Waals surface area contributed by atoms with E-state index in [1.807, 2.05) is 11.1 Å². The molecule has 0 bridgehead atoms. The van der Waals surface area contributed by atoms with E-state index in [1.165, 1.54) is 32.3 Å².